The number of alkyl halides is 2. The molecule has 40 heavy (non-hydrogen) atoms. The van der Waals surface area contributed by atoms with Crippen LogP contribution in [0.2, 0.25) is 0 Å². The normalized spacial score (nSPS) is 31.6. The molecule has 0 saturated heterocycles. The first-order valence-corrected chi connectivity index (χ1v) is 19.7. The molecule has 3 aliphatic rings. The molecule has 0 heterocycles. The van der Waals surface area contributed by atoms with Crippen molar-refractivity contribution in [3.05, 3.63) is 0 Å². The quantitative estimate of drug-likeness (QED) is 0.0839. The summed E-state index contributed by atoms with van der Waals surface area (Å²) in [6.07, 6.45) is 31.3. The van der Waals surface area contributed by atoms with E-state index in [1.54, 1.807) is 0 Å². The van der Waals surface area contributed by atoms with Gasteiger partial charge >= 0.3 is 0 Å². The summed E-state index contributed by atoms with van der Waals surface area (Å²) in [4.78, 5) is 27.1. The third kappa shape index (κ3) is 10.2. The number of rotatable bonds is 22. The molecule has 232 valence electrons. The van der Waals surface area contributed by atoms with E-state index in [-0.39, 0.29) is 21.5 Å². The van der Waals surface area contributed by atoms with Crippen LogP contribution in [0.15, 0.2) is 0 Å². The fraction of sp³-hybridized carbons (Fsp3) is 0.944. The van der Waals surface area contributed by atoms with E-state index in [9.17, 15) is 9.59 Å². The van der Waals surface area contributed by atoms with Gasteiger partial charge in [-0.3, -0.25) is 9.59 Å². The standard InChI is InChI=1S/C36H62Br2O2/c1-3-5-7-9-11-13-15-17-19-21-23-27-29-25-31(37)36(40)34(29)28(30-26-32(38)35(39)33(27)30)24-22-20-18-16-14-12-10-8-6-4-2/h27-34H,3-26H2,1-2H3. The number of carbonyl (C=O) groups is 2. The molecule has 0 bridgehead atoms. The zero-order chi connectivity index (χ0) is 28.7. The monoisotopic (exact) mass is 684 g/mol. The Kier molecular flexibility index (Phi) is 17.0. The molecule has 3 rings (SSSR count). The average molecular weight is 687 g/mol. The molecule has 0 aromatic carbocycles. The van der Waals surface area contributed by atoms with Crippen molar-refractivity contribution in [1.82, 2.24) is 0 Å². The van der Waals surface area contributed by atoms with Crippen LogP contribution in [0, 0.1) is 35.5 Å². The fourth-order valence-corrected chi connectivity index (χ4v) is 10.3. The highest BCUT2D eigenvalue weighted by Gasteiger charge is 2.61. The second-order valence-corrected chi connectivity index (χ2v) is 16.1. The third-order valence-electron chi connectivity index (χ3n) is 11.0. The van der Waals surface area contributed by atoms with Crippen molar-refractivity contribution in [1.29, 1.82) is 0 Å². The van der Waals surface area contributed by atoms with E-state index in [4.69, 9.17) is 0 Å². The number of unbranched alkanes of at least 4 members (excludes halogenated alkanes) is 18. The van der Waals surface area contributed by atoms with Crippen molar-refractivity contribution < 1.29 is 9.59 Å². The van der Waals surface area contributed by atoms with Crippen LogP contribution in [0.5, 0.6) is 0 Å². The zero-order valence-electron chi connectivity index (χ0n) is 26.2. The summed E-state index contributed by atoms with van der Waals surface area (Å²) in [7, 11) is 0. The predicted molar refractivity (Wildman–Crippen MR) is 179 cm³/mol. The Balaban J connectivity index is 1.48. The van der Waals surface area contributed by atoms with Crippen LogP contribution in [0.25, 0.3) is 0 Å². The van der Waals surface area contributed by atoms with Crippen LogP contribution in [0.3, 0.4) is 0 Å². The number of ketones is 2. The average Bonchev–Trinajstić information content (AvgIpc) is 3.41. The minimum atomic E-state index is 0.0154. The molecule has 0 aromatic rings. The first-order chi connectivity index (χ1) is 19.5. The molecule has 0 N–H and O–H groups in total. The number of hydrogen-bond donors (Lipinski definition) is 0. The van der Waals surface area contributed by atoms with Gasteiger partial charge < -0.3 is 0 Å². The molecule has 0 spiro atoms. The summed E-state index contributed by atoms with van der Waals surface area (Å²) >= 11 is 7.55. The van der Waals surface area contributed by atoms with Crippen molar-refractivity contribution in [2.75, 3.05) is 0 Å². The molecule has 0 amide bonds. The summed E-state index contributed by atoms with van der Waals surface area (Å²) in [6, 6.07) is 0. The summed E-state index contributed by atoms with van der Waals surface area (Å²) in [5.74, 6) is 3.03. The Morgan fingerprint density at radius 3 is 1.05 bits per heavy atom. The lowest BCUT2D eigenvalue weighted by atomic mass is 9.56. The van der Waals surface area contributed by atoms with Crippen molar-refractivity contribution in [2.45, 2.75) is 178 Å². The lowest BCUT2D eigenvalue weighted by Gasteiger charge is -2.46. The van der Waals surface area contributed by atoms with Gasteiger partial charge in [0.1, 0.15) is 11.6 Å². The second-order valence-electron chi connectivity index (χ2n) is 13.9. The SMILES string of the molecule is CCCCCCCCCCCCC1C2CC(Br)C(=O)C2C(CCCCCCCCCCCC)C2CC(Br)C(=O)C12. The molecular formula is C36H62Br2O2. The van der Waals surface area contributed by atoms with Gasteiger partial charge in [0, 0.05) is 11.8 Å². The van der Waals surface area contributed by atoms with Crippen LogP contribution in [0.4, 0.5) is 0 Å². The number of Topliss-reactive ketones (excluding diaryl/α,β-unsaturated/α-hetero) is 2. The molecule has 0 aliphatic heterocycles. The third-order valence-corrected chi connectivity index (χ3v) is 12.6. The van der Waals surface area contributed by atoms with E-state index < -0.39 is 0 Å². The summed E-state index contributed by atoms with van der Waals surface area (Å²) in [6.45, 7) is 4.57. The topological polar surface area (TPSA) is 34.1 Å². The summed E-state index contributed by atoms with van der Waals surface area (Å²) in [5, 5.41) is 0. The molecule has 8 unspecified atom stereocenters. The van der Waals surface area contributed by atoms with Crippen LogP contribution >= 0.6 is 31.9 Å². The van der Waals surface area contributed by atoms with Crippen molar-refractivity contribution >= 4 is 43.4 Å². The van der Waals surface area contributed by atoms with E-state index >= 15 is 0 Å². The minimum Gasteiger partial charge on any atom is -0.298 e. The van der Waals surface area contributed by atoms with Crippen molar-refractivity contribution in [3.8, 4) is 0 Å². The number of fused-ring (bicyclic) bond motifs is 2. The molecule has 4 heteroatoms. The molecule has 8 atom stereocenters. The first-order valence-electron chi connectivity index (χ1n) is 17.9. The second kappa shape index (κ2) is 19.6. The minimum absolute atomic E-state index is 0.0154. The zero-order valence-corrected chi connectivity index (χ0v) is 29.3. The maximum Gasteiger partial charge on any atom is 0.150 e. The fourth-order valence-electron chi connectivity index (χ4n) is 8.84. The van der Waals surface area contributed by atoms with Crippen LogP contribution < -0.4 is 0 Å². The largest absolute Gasteiger partial charge is 0.298 e. The van der Waals surface area contributed by atoms with E-state index in [1.807, 2.05) is 0 Å². The van der Waals surface area contributed by atoms with Gasteiger partial charge in [0.2, 0.25) is 0 Å². The van der Waals surface area contributed by atoms with E-state index in [1.165, 1.54) is 128 Å². The van der Waals surface area contributed by atoms with E-state index in [2.05, 4.69) is 45.7 Å². The smallest absolute Gasteiger partial charge is 0.150 e. The molecule has 3 aliphatic carbocycles. The molecule has 0 radical (unpaired) electrons. The highest BCUT2D eigenvalue weighted by atomic mass is 79.9. The molecule has 3 fully saturated rings. The maximum atomic E-state index is 13.5. The van der Waals surface area contributed by atoms with Gasteiger partial charge in [-0.15, -0.1) is 0 Å². The van der Waals surface area contributed by atoms with Gasteiger partial charge in [0.05, 0.1) is 9.65 Å². The van der Waals surface area contributed by atoms with Gasteiger partial charge in [-0.05, 0) is 49.4 Å². The lowest BCUT2D eigenvalue weighted by Crippen LogP contribution is -2.46. The summed E-state index contributed by atoms with van der Waals surface area (Å²) in [5.41, 5.74) is 0. The number of halogens is 2. The van der Waals surface area contributed by atoms with Crippen LogP contribution in [0.1, 0.15) is 168 Å². The van der Waals surface area contributed by atoms with Crippen molar-refractivity contribution in [2.24, 2.45) is 35.5 Å². The molecule has 0 aromatic heterocycles. The summed E-state index contributed by atoms with van der Waals surface area (Å²) < 4.78 is 0. The highest BCUT2D eigenvalue weighted by molar-refractivity contribution is 9.10. The molecule has 3 saturated carbocycles. The highest BCUT2D eigenvalue weighted by Crippen LogP contribution is 2.59. The Morgan fingerprint density at radius 1 is 0.475 bits per heavy atom. The molecule has 2 nitrogen and oxygen atoms in total. The first kappa shape index (κ1) is 34.8. The van der Waals surface area contributed by atoms with Gasteiger partial charge in [0.15, 0.2) is 0 Å². The number of hydrogen-bond acceptors (Lipinski definition) is 2. The molecular weight excluding hydrogens is 624 g/mol. The van der Waals surface area contributed by atoms with Gasteiger partial charge in [0.25, 0.3) is 0 Å². The van der Waals surface area contributed by atoms with Crippen molar-refractivity contribution in [3.63, 3.8) is 0 Å². The Labute approximate surface area is 265 Å². The predicted octanol–water partition coefficient (Wildman–Crippen LogP) is 11.8. The lowest BCUT2D eigenvalue weighted by molar-refractivity contribution is -0.134. The maximum absolute atomic E-state index is 13.5. The van der Waals surface area contributed by atoms with Gasteiger partial charge in [-0.2, -0.15) is 0 Å². The van der Waals surface area contributed by atoms with E-state index in [0.29, 0.717) is 35.2 Å². The Bertz CT molecular complexity index is 664. The van der Waals surface area contributed by atoms with E-state index in [0.717, 1.165) is 25.7 Å². The Hall–Kier alpha value is 0.300. The van der Waals surface area contributed by atoms with Crippen LogP contribution in [-0.2, 0) is 9.59 Å². The van der Waals surface area contributed by atoms with Crippen LogP contribution in [-0.4, -0.2) is 21.2 Å². The number of carbonyl (C=O) groups excluding carboxylic acids is 2. The van der Waals surface area contributed by atoms with Gasteiger partial charge in [-0.1, -0.05) is 174 Å². The van der Waals surface area contributed by atoms with Gasteiger partial charge in [-0.25, -0.2) is 0 Å². The Morgan fingerprint density at radius 2 is 0.750 bits per heavy atom.